The van der Waals surface area contributed by atoms with Crippen molar-refractivity contribution in [2.45, 2.75) is 56.7 Å². The van der Waals surface area contributed by atoms with E-state index in [-0.39, 0.29) is 12.1 Å². The molecule has 0 bridgehead atoms. The Balaban J connectivity index is 1.36. The van der Waals surface area contributed by atoms with Crippen LogP contribution in [0.2, 0.25) is 0 Å². The predicted molar refractivity (Wildman–Crippen MR) is 103 cm³/mol. The first-order chi connectivity index (χ1) is 12.8. The van der Waals surface area contributed by atoms with Crippen LogP contribution < -0.4 is 0 Å². The summed E-state index contributed by atoms with van der Waals surface area (Å²) in [4.78, 5) is 7.34. The molecule has 2 heterocycles. The van der Waals surface area contributed by atoms with Crippen LogP contribution in [0.25, 0.3) is 11.4 Å². The molecule has 1 aromatic carbocycles. The minimum absolute atomic E-state index is 0.150. The van der Waals surface area contributed by atoms with Gasteiger partial charge in [-0.25, -0.2) is 4.98 Å². The molecule has 1 aromatic heterocycles. The topological polar surface area (TPSA) is 41.3 Å². The normalized spacial score (nSPS) is 32.8. The third-order valence-electron chi connectivity index (χ3n) is 7.04. The van der Waals surface area contributed by atoms with Crippen LogP contribution in [-0.4, -0.2) is 44.8 Å². The number of hydrogen-bond donors (Lipinski definition) is 1. The fourth-order valence-corrected chi connectivity index (χ4v) is 5.70. The van der Waals surface area contributed by atoms with E-state index in [1.54, 1.807) is 0 Å². The summed E-state index contributed by atoms with van der Waals surface area (Å²) in [7, 11) is 0. The van der Waals surface area contributed by atoms with Crippen molar-refractivity contribution in [1.82, 2.24) is 14.5 Å². The number of imidazole rings is 1. The Morgan fingerprint density at radius 2 is 1.69 bits per heavy atom. The third-order valence-corrected chi connectivity index (χ3v) is 7.04. The number of nitrogens with zero attached hydrogens (tertiary/aromatic N) is 3. The molecule has 1 N–H and O–H groups in total. The van der Waals surface area contributed by atoms with Crippen LogP contribution in [0, 0.1) is 11.8 Å². The lowest BCUT2D eigenvalue weighted by atomic mass is 9.77. The molecule has 1 saturated heterocycles. The van der Waals surface area contributed by atoms with E-state index in [0.29, 0.717) is 5.92 Å². The summed E-state index contributed by atoms with van der Waals surface area (Å²) in [6.45, 7) is 2.43. The summed E-state index contributed by atoms with van der Waals surface area (Å²) in [5, 5.41) is 10.9. The molecule has 4 atom stereocenters. The van der Waals surface area contributed by atoms with Crippen molar-refractivity contribution >= 4 is 0 Å². The number of likely N-dealkylation sites (tertiary alicyclic amines) is 1. The van der Waals surface area contributed by atoms with Gasteiger partial charge < -0.3 is 9.67 Å². The van der Waals surface area contributed by atoms with Gasteiger partial charge in [-0.2, -0.15) is 0 Å². The summed E-state index contributed by atoms with van der Waals surface area (Å²) in [6.07, 6.45) is 11.2. The number of aliphatic hydroxyl groups excluding tert-OH is 1. The van der Waals surface area contributed by atoms with Gasteiger partial charge in [0, 0.05) is 37.1 Å². The van der Waals surface area contributed by atoms with Crippen molar-refractivity contribution in [1.29, 1.82) is 0 Å². The summed E-state index contributed by atoms with van der Waals surface area (Å²) < 4.78 is 2.23. The maximum absolute atomic E-state index is 10.9. The molecule has 26 heavy (non-hydrogen) atoms. The van der Waals surface area contributed by atoms with Crippen LogP contribution in [0.3, 0.4) is 0 Å². The summed E-state index contributed by atoms with van der Waals surface area (Å²) in [6, 6.07) is 11.3. The standard InChI is InChI=1S/C22H29N3O/c26-21-13-18-15-24(19-8-4-5-9-19)14-17(18)12-20(21)25-11-10-23-22(25)16-6-2-1-3-7-16/h1-3,6-7,10-11,17-21,26H,4-5,8-9,12-15H2/t17-,18+,20-,21-/m0/s1. The Hall–Kier alpha value is -1.65. The van der Waals surface area contributed by atoms with E-state index in [0.717, 1.165) is 36.2 Å². The minimum Gasteiger partial charge on any atom is -0.391 e. The van der Waals surface area contributed by atoms with E-state index >= 15 is 0 Å². The number of hydrogen-bond acceptors (Lipinski definition) is 3. The summed E-state index contributed by atoms with van der Waals surface area (Å²) >= 11 is 0. The molecule has 0 spiro atoms. The number of rotatable bonds is 3. The average molecular weight is 351 g/mol. The van der Waals surface area contributed by atoms with Gasteiger partial charge in [0.1, 0.15) is 5.82 Å². The number of benzene rings is 1. The zero-order valence-corrected chi connectivity index (χ0v) is 15.4. The molecule has 3 fully saturated rings. The molecule has 0 unspecified atom stereocenters. The Bertz CT molecular complexity index is 737. The second-order valence-electron chi connectivity index (χ2n) is 8.54. The fourth-order valence-electron chi connectivity index (χ4n) is 5.70. The lowest BCUT2D eigenvalue weighted by molar-refractivity contribution is 0.0364. The van der Waals surface area contributed by atoms with E-state index < -0.39 is 0 Å². The molecule has 5 rings (SSSR count). The van der Waals surface area contributed by atoms with Crippen molar-refractivity contribution in [3.05, 3.63) is 42.7 Å². The Labute approximate surface area is 155 Å². The van der Waals surface area contributed by atoms with Crippen molar-refractivity contribution in [2.24, 2.45) is 11.8 Å². The highest BCUT2D eigenvalue weighted by Gasteiger charge is 2.44. The van der Waals surface area contributed by atoms with E-state index in [2.05, 4.69) is 44.9 Å². The monoisotopic (exact) mass is 351 g/mol. The van der Waals surface area contributed by atoms with E-state index in [1.807, 2.05) is 12.3 Å². The van der Waals surface area contributed by atoms with Gasteiger partial charge in [-0.15, -0.1) is 0 Å². The first kappa shape index (κ1) is 16.5. The third kappa shape index (κ3) is 2.89. The van der Waals surface area contributed by atoms with Gasteiger partial charge in [-0.1, -0.05) is 43.2 Å². The SMILES string of the molecule is O[C@H]1C[C@@H]2CN(C3CCCC3)C[C@@H]2C[C@@H]1n1ccnc1-c1ccccc1. The minimum atomic E-state index is -0.267. The summed E-state index contributed by atoms with van der Waals surface area (Å²) in [5.41, 5.74) is 1.13. The molecule has 2 aromatic rings. The lowest BCUT2D eigenvalue weighted by Crippen LogP contribution is -2.36. The molecular formula is C22H29N3O. The van der Waals surface area contributed by atoms with E-state index in [9.17, 15) is 5.11 Å². The molecule has 2 saturated carbocycles. The highest BCUT2D eigenvalue weighted by Crippen LogP contribution is 2.44. The molecule has 1 aliphatic heterocycles. The van der Waals surface area contributed by atoms with Crippen LogP contribution >= 0.6 is 0 Å². The number of fused-ring (bicyclic) bond motifs is 1. The maximum atomic E-state index is 10.9. The van der Waals surface area contributed by atoms with Crippen molar-refractivity contribution in [2.75, 3.05) is 13.1 Å². The zero-order chi connectivity index (χ0) is 17.5. The van der Waals surface area contributed by atoms with E-state index in [1.165, 1.54) is 38.8 Å². The molecular weight excluding hydrogens is 322 g/mol. The van der Waals surface area contributed by atoms with Gasteiger partial charge in [0.15, 0.2) is 0 Å². The quantitative estimate of drug-likeness (QED) is 0.916. The summed E-state index contributed by atoms with van der Waals surface area (Å²) in [5.74, 6) is 2.37. The molecule has 3 aliphatic rings. The molecule has 0 amide bonds. The molecule has 4 nitrogen and oxygen atoms in total. The molecule has 138 valence electrons. The highest BCUT2D eigenvalue weighted by atomic mass is 16.3. The predicted octanol–water partition coefficient (Wildman–Crippen LogP) is 3.74. The molecule has 0 radical (unpaired) electrons. The maximum Gasteiger partial charge on any atom is 0.140 e. The van der Waals surface area contributed by atoms with Crippen LogP contribution in [0.4, 0.5) is 0 Å². The van der Waals surface area contributed by atoms with Crippen LogP contribution in [0.5, 0.6) is 0 Å². The van der Waals surface area contributed by atoms with Gasteiger partial charge in [0.2, 0.25) is 0 Å². The van der Waals surface area contributed by atoms with Gasteiger partial charge in [0.25, 0.3) is 0 Å². The van der Waals surface area contributed by atoms with E-state index in [4.69, 9.17) is 0 Å². The Morgan fingerprint density at radius 1 is 0.962 bits per heavy atom. The Morgan fingerprint density at radius 3 is 2.46 bits per heavy atom. The van der Waals surface area contributed by atoms with Crippen molar-refractivity contribution in [3.8, 4) is 11.4 Å². The smallest absolute Gasteiger partial charge is 0.140 e. The first-order valence-corrected chi connectivity index (χ1v) is 10.3. The van der Waals surface area contributed by atoms with Gasteiger partial charge in [-0.3, -0.25) is 4.90 Å². The van der Waals surface area contributed by atoms with Crippen molar-refractivity contribution < 1.29 is 5.11 Å². The van der Waals surface area contributed by atoms with Gasteiger partial charge >= 0.3 is 0 Å². The largest absolute Gasteiger partial charge is 0.391 e. The van der Waals surface area contributed by atoms with Crippen molar-refractivity contribution in [3.63, 3.8) is 0 Å². The zero-order valence-electron chi connectivity index (χ0n) is 15.4. The second-order valence-corrected chi connectivity index (χ2v) is 8.54. The van der Waals surface area contributed by atoms with Gasteiger partial charge in [-0.05, 0) is 37.5 Å². The van der Waals surface area contributed by atoms with Crippen LogP contribution in [-0.2, 0) is 0 Å². The number of aromatic nitrogens is 2. The fraction of sp³-hybridized carbons (Fsp3) is 0.591. The Kier molecular flexibility index (Phi) is 4.33. The van der Waals surface area contributed by atoms with Crippen LogP contribution in [0.1, 0.15) is 44.6 Å². The molecule has 2 aliphatic carbocycles. The highest BCUT2D eigenvalue weighted by molar-refractivity contribution is 5.55. The second kappa shape index (κ2) is 6.82. The lowest BCUT2D eigenvalue weighted by Gasteiger charge is -2.36. The first-order valence-electron chi connectivity index (χ1n) is 10.3. The average Bonchev–Trinajstić information content (AvgIpc) is 3.41. The van der Waals surface area contributed by atoms with Crippen LogP contribution in [0.15, 0.2) is 42.7 Å². The van der Waals surface area contributed by atoms with Gasteiger partial charge in [0.05, 0.1) is 12.1 Å². The number of aliphatic hydroxyl groups is 1. The molecule has 4 heteroatoms.